The lowest BCUT2D eigenvalue weighted by Crippen LogP contribution is -2.31. The average molecular weight is 268 g/mol. The van der Waals surface area contributed by atoms with E-state index in [0.717, 1.165) is 12.8 Å². The van der Waals surface area contributed by atoms with Crippen LogP contribution in [0, 0.1) is 0 Å². The van der Waals surface area contributed by atoms with Crippen LogP contribution in [0.2, 0.25) is 0 Å². The van der Waals surface area contributed by atoms with Crippen molar-refractivity contribution in [1.82, 2.24) is 15.1 Å². The molecule has 0 atom stereocenters. The second kappa shape index (κ2) is 5.79. The first-order valence-corrected chi connectivity index (χ1v) is 6.08. The smallest absolute Gasteiger partial charge is 0.322 e. The molecule has 0 aliphatic heterocycles. The van der Waals surface area contributed by atoms with Gasteiger partial charge >= 0.3 is 12.0 Å². The highest BCUT2D eigenvalue weighted by atomic mass is 16.4. The van der Waals surface area contributed by atoms with Gasteiger partial charge in [0.15, 0.2) is 0 Å². The molecule has 0 bridgehead atoms. The van der Waals surface area contributed by atoms with Crippen LogP contribution in [-0.2, 0) is 9.59 Å². The van der Waals surface area contributed by atoms with Crippen molar-refractivity contribution in [2.45, 2.75) is 25.2 Å². The lowest BCUT2D eigenvalue weighted by atomic mass is 10.4. The monoisotopic (exact) mass is 268 g/mol. The average Bonchev–Trinajstić information content (AvgIpc) is 3.08. The summed E-state index contributed by atoms with van der Waals surface area (Å²) in [5.74, 6) is -0.289. The number of carboxylic acids is 1. The molecule has 1 heterocycles. The highest BCUT2D eigenvalue weighted by molar-refractivity contribution is 5.90. The van der Waals surface area contributed by atoms with E-state index in [4.69, 9.17) is 9.52 Å². The molecule has 1 amide bonds. The second-order valence-electron chi connectivity index (χ2n) is 4.65. The third-order valence-electron chi connectivity index (χ3n) is 2.73. The molecule has 1 aliphatic rings. The van der Waals surface area contributed by atoms with E-state index in [1.807, 2.05) is 0 Å². The van der Waals surface area contributed by atoms with Gasteiger partial charge in [-0.05, 0) is 19.9 Å². The lowest BCUT2D eigenvalue weighted by molar-refractivity contribution is -0.137. The zero-order valence-corrected chi connectivity index (χ0v) is 10.6. The third-order valence-corrected chi connectivity index (χ3v) is 2.73. The van der Waals surface area contributed by atoms with Crippen molar-refractivity contribution in [3.8, 4) is 0 Å². The number of hydrogen-bond acceptors (Lipinski definition) is 6. The molecular formula is C11H16N4O4. The number of likely N-dealkylation sites (N-methyl/N-ethyl adjacent to an activating group) is 1. The van der Waals surface area contributed by atoms with Crippen molar-refractivity contribution in [2.24, 2.45) is 0 Å². The van der Waals surface area contributed by atoms with Gasteiger partial charge in [-0.2, -0.15) is 0 Å². The fraction of sp³-hybridized carbons (Fsp3) is 0.636. The van der Waals surface area contributed by atoms with Crippen LogP contribution < -0.4 is 5.32 Å². The van der Waals surface area contributed by atoms with Gasteiger partial charge in [0.25, 0.3) is 0 Å². The number of nitrogens with zero attached hydrogens (tertiary/aromatic N) is 3. The molecule has 1 aromatic rings. The molecule has 1 fully saturated rings. The zero-order valence-electron chi connectivity index (χ0n) is 10.6. The minimum atomic E-state index is -0.891. The maximum Gasteiger partial charge on any atom is 0.322 e. The summed E-state index contributed by atoms with van der Waals surface area (Å²) in [6, 6.07) is 0.0959. The first-order valence-electron chi connectivity index (χ1n) is 6.08. The van der Waals surface area contributed by atoms with Crippen LogP contribution in [0.15, 0.2) is 4.42 Å². The molecule has 1 aromatic heterocycles. The van der Waals surface area contributed by atoms with Crippen molar-refractivity contribution in [2.75, 3.05) is 25.5 Å². The van der Waals surface area contributed by atoms with E-state index in [-0.39, 0.29) is 24.9 Å². The summed E-state index contributed by atoms with van der Waals surface area (Å²) >= 11 is 0. The molecule has 8 nitrogen and oxygen atoms in total. The Morgan fingerprint density at radius 2 is 2.21 bits per heavy atom. The first kappa shape index (κ1) is 13.5. The van der Waals surface area contributed by atoms with Crippen LogP contribution in [0.4, 0.5) is 6.01 Å². The number of aromatic nitrogens is 2. The third kappa shape index (κ3) is 4.32. The first-order chi connectivity index (χ1) is 9.04. The lowest BCUT2D eigenvalue weighted by Gasteiger charge is -2.13. The largest absolute Gasteiger partial charge is 0.481 e. The molecule has 0 radical (unpaired) electrons. The van der Waals surface area contributed by atoms with E-state index in [2.05, 4.69) is 15.5 Å². The van der Waals surface area contributed by atoms with Crippen molar-refractivity contribution < 1.29 is 19.1 Å². The van der Waals surface area contributed by atoms with Crippen LogP contribution in [0.3, 0.4) is 0 Å². The summed E-state index contributed by atoms with van der Waals surface area (Å²) < 4.78 is 5.29. The van der Waals surface area contributed by atoms with Gasteiger partial charge in [-0.3, -0.25) is 19.8 Å². The predicted octanol–water partition coefficient (Wildman–Crippen LogP) is 0.292. The highest BCUT2D eigenvalue weighted by Gasteiger charge is 2.29. The Labute approximate surface area is 109 Å². The van der Waals surface area contributed by atoms with Gasteiger partial charge in [-0.1, -0.05) is 5.10 Å². The minimum Gasteiger partial charge on any atom is -0.481 e. The van der Waals surface area contributed by atoms with E-state index in [0.29, 0.717) is 18.4 Å². The number of nitrogens with one attached hydrogen (secondary N) is 1. The maximum atomic E-state index is 11.6. The number of carbonyl (C=O) groups is 2. The van der Waals surface area contributed by atoms with Crippen LogP contribution >= 0.6 is 0 Å². The van der Waals surface area contributed by atoms with Crippen LogP contribution in [-0.4, -0.2) is 52.2 Å². The van der Waals surface area contributed by atoms with Crippen LogP contribution in [0.1, 0.15) is 31.1 Å². The number of anilines is 1. The Bertz CT molecular complexity index is 469. The van der Waals surface area contributed by atoms with Gasteiger partial charge in [0.1, 0.15) is 0 Å². The SMILES string of the molecule is CN(CCC(=O)O)CC(=O)Nc1nnc(C2CC2)o1. The number of carbonyl (C=O) groups excluding carboxylic acids is 1. The number of hydrogen-bond donors (Lipinski definition) is 2. The molecule has 1 saturated carbocycles. The fourth-order valence-electron chi connectivity index (χ4n) is 1.55. The second-order valence-corrected chi connectivity index (χ2v) is 4.65. The molecule has 104 valence electrons. The Morgan fingerprint density at radius 3 is 2.84 bits per heavy atom. The topological polar surface area (TPSA) is 109 Å². The van der Waals surface area contributed by atoms with Crippen LogP contribution in [0.5, 0.6) is 0 Å². The molecule has 2 rings (SSSR count). The number of aliphatic carboxylic acids is 1. The quantitative estimate of drug-likeness (QED) is 0.731. The summed E-state index contributed by atoms with van der Waals surface area (Å²) in [6.07, 6.45) is 2.09. The summed E-state index contributed by atoms with van der Waals surface area (Å²) in [7, 11) is 1.67. The molecule has 8 heteroatoms. The van der Waals surface area contributed by atoms with E-state index in [9.17, 15) is 9.59 Å². The Morgan fingerprint density at radius 1 is 1.47 bits per heavy atom. The van der Waals surface area contributed by atoms with Crippen molar-refractivity contribution in [3.63, 3.8) is 0 Å². The fourth-order valence-corrected chi connectivity index (χ4v) is 1.55. The Balaban J connectivity index is 1.74. The number of amides is 1. The van der Waals surface area contributed by atoms with Crippen molar-refractivity contribution in [1.29, 1.82) is 0 Å². The molecule has 0 saturated heterocycles. The summed E-state index contributed by atoms with van der Waals surface area (Å²) in [5, 5.41) is 18.6. The molecular weight excluding hydrogens is 252 g/mol. The molecule has 2 N–H and O–H groups in total. The summed E-state index contributed by atoms with van der Waals surface area (Å²) in [6.45, 7) is 0.383. The van der Waals surface area contributed by atoms with Gasteiger partial charge in [-0.25, -0.2) is 0 Å². The zero-order chi connectivity index (χ0) is 13.8. The van der Waals surface area contributed by atoms with Gasteiger partial charge in [-0.15, -0.1) is 5.10 Å². The molecule has 0 spiro atoms. The summed E-state index contributed by atoms with van der Waals surface area (Å²) in [4.78, 5) is 23.6. The molecule has 19 heavy (non-hydrogen) atoms. The highest BCUT2D eigenvalue weighted by Crippen LogP contribution is 2.39. The number of carboxylic acid groups (broad SMARTS) is 1. The van der Waals surface area contributed by atoms with Gasteiger partial charge < -0.3 is 9.52 Å². The molecule has 0 unspecified atom stereocenters. The van der Waals surface area contributed by atoms with Crippen molar-refractivity contribution >= 4 is 17.9 Å². The van der Waals surface area contributed by atoms with E-state index < -0.39 is 5.97 Å². The van der Waals surface area contributed by atoms with Gasteiger partial charge in [0.2, 0.25) is 11.8 Å². The van der Waals surface area contributed by atoms with E-state index in [1.54, 1.807) is 11.9 Å². The van der Waals surface area contributed by atoms with E-state index >= 15 is 0 Å². The molecule has 0 aromatic carbocycles. The standard InChI is InChI=1S/C11H16N4O4/c1-15(5-4-9(17)18)6-8(16)12-11-14-13-10(19-11)7-2-3-7/h7H,2-6H2,1H3,(H,17,18)(H,12,14,16). The Kier molecular flexibility index (Phi) is 4.10. The minimum absolute atomic E-state index is 0.00380. The Hall–Kier alpha value is -1.96. The predicted molar refractivity (Wildman–Crippen MR) is 64.7 cm³/mol. The maximum absolute atomic E-state index is 11.6. The van der Waals surface area contributed by atoms with E-state index in [1.165, 1.54) is 0 Å². The van der Waals surface area contributed by atoms with Gasteiger partial charge in [0.05, 0.1) is 13.0 Å². The van der Waals surface area contributed by atoms with Gasteiger partial charge in [0, 0.05) is 12.5 Å². The normalized spacial score (nSPS) is 14.6. The van der Waals surface area contributed by atoms with Crippen molar-refractivity contribution in [3.05, 3.63) is 5.89 Å². The molecule has 1 aliphatic carbocycles. The van der Waals surface area contributed by atoms with Crippen LogP contribution in [0.25, 0.3) is 0 Å². The number of rotatable bonds is 7. The summed E-state index contributed by atoms with van der Waals surface area (Å²) in [5.41, 5.74) is 0.